The Bertz CT molecular complexity index is 1610. The number of nitrogens with zero attached hydrogens (tertiary/aromatic N) is 6. The summed E-state index contributed by atoms with van der Waals surface area (Å²) < 4.78 is 48.7. The molecule has 7 rings (SSSR count). The Labute approximate surface area is 240 Å². The number of aromatic nitrogens is 3. The zero-order chi connectivity index (χ0) is 29.6. The molecule has 2 atom stereocenters. The van der Waals surface area contributed by atoms with E-state index in [2.05, 4.69) is 25.7 Å². The minimum atomic E-state index is -4.70. The molecule has 4 aromatic rings. The number of rotatable bonds is 8. The highest BCUT2D eigenvalue weighted by atomic mass is 19.4. The van der Waals surface area contributed by atoms with Gasteiger partial charge in [0.1, 0.15) is 30.0 Å². The highest BCUT2D eigenvalue weighted by Crippen LogP contribution is 2.37. The largest absolute Gasteiger partial charge is 0.573 e. The highest BCUT2D eigenvalue weighted by Gasteiger charge is 2.44. The van der Waals surface area contributed by atoms with Crippen molar-refractivity contribution < 1.29 is 27.8 Å². The lowest BCUT2D eigenvalue weighted by molar-refractivity contribution is -0.274. The van der Waals surface area contributed by atoms with Crippen molar-refractivity contribution >= 4 is 11.3 Å². The Morgan fingerprint density at radius 2 is 1.79 bits per heavy atom. The second kappa shape index (κ2) is 10.5. The van der Waals surface area contributed by atoms with E-state index in [1.54, 1.807) is 42.9 Å². The van der Waals surface area contributed by atoms with Crippen LogP contribution in [0.3, 0.4) is 0 Å². The first-order chi connectivity index (χ1) is 20.0. The third kappa shape index (κ3) is 5.84. The fourth-order valence-electron chi connectivity index (χ4n) is 5.61. The third-order valence-corrected chi connectivity index (χ3v) is 7.55. The lowest BCUT2D eigenvalue weighted by Crippen LogP contribution is -2.68. The molecule has 12 heteroatoms. The summed E-state index contributed by atoms with van der Waals surface area (Å²) in [5.41, 5.74) is 2.55. The van der Waals surface area contributed by atoms with E-state index >= 15 is 0 Å². The molecular formula is C30H29F3N6O3. The van der Waals surface area contributed by atoms with Gasteiger partial charge in [0.15, 0.2) is 0 Å². The number of halogens is 3. The van der Waals surface area contributed by atoms with Crippen molar-refractivity contribution in [1.82, 2.24) is 19.5 Å². The molecule has 3 aliphatic rings. The van der Waals surface area contributed by atoms with Crippen LogP contribution in [0.15, 0.2) is 61.1 Å². The van der Waals surface area contributed by atoms with Gasteiger partial charge < -0.3 is 19.5 Å². The topological polar surface area (TPSA) is 99.1 Å². The number of hydrogen-bond acceptors (Lipinski definition) is 8. The summed E-state index contributed by atoms with van der Waals surface area (Å²) >= 11 is 0. The quantitative estimate of drug-likeness (QED) is 0.319. The van der Waals surface area contributed by atoms with Crippen LogP contribution < -0.4 is 14.4 Å². The van der Waals surface area contributed by atoms with Gasteiger partial charge in [-0.3, -0.25) is 4.90 Å². The number of aliphatic hydroxyl groups is 1. The first-order valence-corrected chi connectivity index (χ1v) is 13.5. The Hall–Kier alpha value is -4.34. The SMILES string of the molecule is CC(C)(O)COc1cc(-c2ccc(N3CC4CC(C3)N4Cc3ccc(OC(F)(F)F)cc3)nc2)c2c(C#N)cnn2c1. The van der Waals surface area contributed by atoms with Gasteiger partial charge >= 0.3 is 6.36 Å². The first kappa shape index (κ1) is 27.8. The van der Waals surface area contributed by atoms with E-state index in [0.29, 0.717) is 35.5 Å². The molecule has 3 aliphatic heterocycles. The monoisotopic (exact) mass is 578 g/mol. The summed E-state index contributed by atoms with van der Waals surface area (Å²) in [4.78, 5) is 9.38. The molecule has 0 aliphatic carbocycles. The molecule has 0 radical (unpaired) electrons. The summed E-state index contributed by atoms with van der Waals surface area (Å²) in [7, 11) is 0. The number of anilines is 1. The number of piperazine rings is 1. The van der Waals surface area contributed by atoms with Crippen LogP contribution >= 0.6 is 0 Å². The standard InChI is InChI=1S/C30H29F3N6O3/c1-29(2,40)18-41-25-10-26(28-21(11-34)13-36-39(28)17-25)20-5-8-27(35-12-20)37-15-22-9-23(16-37)38(22)14-19-3-6-24(7-4-19)42-30(31,32)33/h3-8,10,12-13,17,22-23,40H,9,14-16,18H2,1-2H3. The van der Waals surface area contributed by atoms with Gasteiger partial charge in [0.25, 0.3) is 0 Å². The summed E-state index contributed by atoms with van der Waals surface area (Å²) in [6.07, 6.45) is 1.34. The molecule has 9 nitrogen and oxygen atoms in total. The molecule has 6 heterocycles. The second-order valence-corrected chi connectivity index (χ2v) is 11.4. The van der Waals surface area contributed by atoms with E-state index in [0.717, 1.165) is 42.0 Å². The summed E-state index contributed by atoms with van der Waals surface area (Å²) in [5.74, 6) is 1.14. The number of pyridine rings is 2. The van der Waals surface area contributed by atoms with Crippen molar-refractivity contribution in [3.8, 4) is 28.7 Å². The van der Waals surface area contributed by atoms with Crippen LogP contribution in [0.2, 0.25) is 0 Å². The molecule has 2 unspecified atom stereocenters. The van der Waals surface area contributed by atoms with Crippen molar-refractivity contribution in [2.75, 3.05) is 24.6 Å². The Morgan fingerprint density at radius 1 is 1.05 bits per heavy atom. The Balaban J connectivity index is 1.15. The number of ether oxygens (including phenoxy) is 2. The van der Waals surface area contributed by atoms with Crippen LogP contribution in [0.5, 0.6) is 11.5 Å². The van der Waals surface area contributed by atoms with Crippen LogP contribution in [0, 0.1) is 11.3 Å². The van der Waals surface area contributed by atoms with Crippen molar-refractivity contribution in [3.63, 3.8) is 0 Å². The van der Waals surface area contributed by atoms with E-state index in [-0.39, 0.29) is 12.4 Å². The number of fused-ring (bicyclic) bond motifs is 3. The lowest BCUT2D eigenvalue weighted by Gasteiger charge is -2.56. The third-order valence-electron chi connectivity index (χ3n) is 7.55. The fourth-order valence-corrected chi connectivity index (χ4v) is 5.61. The first-order valence-electron chi connectivity index (χ1n) is 13.5. The van der Waals surface area contributed by atoms with E-state index in [1.807, 2.05) is 18.2 Å². The number of alkyl halides is 3. The van der Waals surface area contributed by atoms with E-state index in [1.165, 1.54) is 18.3 Å². The normalized spacial score (nSPS) is 18.9. The van der Waals surface area contributed by atoms with Crippen molar-refractivity contribution in [2.24, 2.45) is 0 Å². The van der Waals surface area contributed by atoms with Gasteiger partial charge in [-0.1, -0.05) is 12.1 Å². The number of benzene rings is 1. The van der Waals surface area contributed by atoms with Crippen LogP contribution in [-0.4, -0.2) is 68.3 Å². The second-order valence-electron chi connectivity index (χ2n) is 11.4. The lowest BCUT2D eigenvalue weighted by atomic mass is 9.86. The molecule has 2 bridgehead atoms. The van der Waals surface area contributed by atoms with Crippen molar-refractivity contribution in [3.05, 3.63) is 72.2 Å². The number of piperidine rings is 1. The molecule has 1 aromatic carbocycles. The van der Waals surface area contributed by atoms with E-state index in [9.17, 15) is 23.5 Å². The molecule has 0 saturated carbocycles. The van der Waals surface area contributed by atoms with Gasteiger partial charge in [0, 0.05) is 49.0 Å². The predicted octanol–water partition coefficient (Wildman–Crippen LogP) is 4.78. The van der Waals surface area contributed by atoms with Gasteiger partial charge in [-0.2, -0.15) is 10.4 Å². The molecule has 0 amide bonds. The van der Waals surface area contributed by atoms with Crippen LogP contribution in [0.4, 0.5) is 19.0 Å². The smallest absolute Gasteiger partial charge is 0.489 e. The summed E-state index contributed by atoms with van der Waals surface area (Å²) in [6, 6.07) is 14.7. The molecular weight excluding hydrogens is 549 g/mol. The fraction of sp³-hybridized carbons (Fsp3) is 0.367. The highest BCUT2D eigenvalue weighted by molar-refractivity contribution is 5.85. The van der Waals surface area contributed by atoms with Gasteiger partial charge in [-0.05, 0) is 56.2 Å². The predicted molar refractivity (Wildman–Crippen MR) is 148 cm³/mol. The summed E-state index contributed by atoms with van der Waals surface area (Å²) in [6.45, 7) is 5.67. The van der Waals surface area contributed by atoms with Gasteiger partial charge in [-0.15, -0.1) is 13.2 Å². The van der Waals surface area contributed by atoms with Crippen LogP contribution in [0.1, 0.15) is 31.4 Å². The maximum atomic E-state index is 12.4. The van der Waals surface area contributed by atoms with Crippen molar-refractivity contribution in [1.29, 1.82) is 5.26 Å². The average Bonchev–Trinajstić information content (AvgIpc) is 3.37. The average molecular weight is 579 g/mol. The molecule has 0 spiro atoms. The van der Waals surface area contributed by atoms with Gasteiger partial charge in [0.05, 0.1) is 29.1 Å². The molecule has 218 valence electrons. The van der Waals surface area contributed by atoms with Crippen LogP contribution in [-0.2, 0) is 6.54 Å². The molecule has 42 heavy (non-hydrogen) atoms. The Morgan fingerprint density at radius 3 is 2.40 bits per heavy atom. The minimum Gasteiger partial charge on any atom is -0.489 e. The maximum Gasteiger partial charge on any atom is 0.573 e. The molecule has 3 saturated heterocycles. The summed E-state index contributed by atoms with van der Waals surface area (Å²) in [5, 5.41) is 24.0. The Kier molecular flexibility index (Phi) is 6.95. The molecule has 1 N–H and O–H groups in total. The van der Waals surface area contributed by atoms with Gasteiger partial charge in [0.2, 0.25) is 0 Å². The zero-order valence-corrected chi connectivity index (χ0v) is 23.0. The molecule has 3 fully saturated rings. The maximum absolute atomic E-state index is 12.4. The van der Waals surface area contributed by atoms with Crippen LogP contribution in [0.25, 0.3) is 16.6 Å². The van der Waals surface area contributed by atoms with Crippen molar-refractivity contribution in [2.45, 2.75) is 50.9 Å². The minimum absolute atomic E-state index is 0.0909. The van der Waals surface area contributed by atoms with Gasteiger partial charge in [-0.25, -0.2) is 9.50 Å². The molecule has 3 aromatic heterocycles. The number of hydrogen-bond donors (Lipinski definition) is 1. The van der Waals surface area contributed by atoms with E-state index < -0.39 is 12.0 Å². The zero-order valence-electron chi connectivity index (χ0n) is 23.0. The van der Waals surface area contributed by atoms with E-state index in [4.69, 9.17) is 9.72 Å². The number of nitriles is 1.